The van der Waals surface area contributed by atoms with E-state index in [1.165, 1.54) is 28.4 Å². The third-order valence-electron chi connectivity index (χ3n) is 7.13. The molecule has 14 heteroatoms. The Morgan fingerprint density at radius 1 is 0.795 bits per heavy atom. The van der Waals surface area contributed by atoms with Crippen LogP contribution in [0.2, 0.25) is 0 Å². The largest absolute Gasteiger partial charge is 0.494 e. The Kier molecular flexibility index (Phi) is 9.86. The second kappa shape index (κ2) is 12.9. The van der Waals surface area contributed by atoms with Gasteiger partial charge in [0.05, 0.1) is 51.8 Å². The Labute approximate surface area is 268 Å². The number of nitrogens with zero attached hydrogens (tertiary/aromatic N) is 1. The van der Waals surface area contributed by atoms with E-state index in [0.29, 0.717) is 40.5 Å². The number of methoxy groups -OCH3 is 4. The Balaban J connectivity index is 2.17. The second-order valence-electron chi connectivity index (χ2n) is 10.1. The molecular formula is C30H33NO10S3. The highest BCUT2D eigenvalue weighted by atomic mass is 32.2. The number of hydrogen-bond acceptors (Lipinski definition) is 13. The van der Waals surface area contributed by atoms with Gasteiger partial charge in [-0.2, -0.15) is 0 Å². The fourth-order valence-corrected chi connectivity index (χ4v) is 10.4. The molecule has 3 heterocycles. The summed E-state index contributed by atoms with van der Waals surface area (Å²) in [5.74, 6) is -2.99. The lowest BCUT2D eigenvalue weighted by atomic mass is 9.83. The van der Waals surface area contributed by atoms with Crippen molar-refractivity contribution in [2.24, 2.45) is 0 Å². The summed E-state index contributed by atoms with van der Waals surface area (Å²) in [6.07, 6.45) is 0.840. The molecule has 0 bridgehead atoms. The first-order valence-corrected chi connectivity index (χ1v) is 16.1. The van der Waals surface area contributed by atoms with Crippen LogP contribution in [0.4, 0.5) is 5.69 Å². The number of amides is 1. The maximum Gasteiger partial charge on any atom is 0.345 e. The number of anilines is 1. The van der Waals surface area contributed by atoms with Crippen molar-refractivity contribution in [2.75, 3.05) is 39.9 Å². The van der Waals surface area contributed by atoms with Gasteiger partial charge in [-0.25, -0.2) is 19.2 Å². The van der Waals surface area contributed by atoms with Gasteiger partial charge in [0.15, 0.2) is 0 Å². The monoisotopic (exact) mass is 663 g/mol. The summed E-state index contributed by atoms with van der Waals surface area (Å²) in [6, 6.07) is 5.27. The predicted octanol–water partition coefficient (Wildman–Crippen LogP) is 4.80. The van der Waals surface area contributed by atoms with Crippen molar-refractivity contribution in [2.45, 2.75) is 50.2 Å². The first-order chi connectivity index (χ1) is 20.9. The number of ether oxygens (including phenoxy) is 5. The topological polar surface area (TPSA) is 135 Å². The molecule has 11 nitrogen and oxygen atoms in total. The zero-order valence-electron chi connectivity index (χ0n) is 25.6. The summed E-state index contributed by atoms with van der Waals surface area (Å²) >= 11 is 2.76. The molecule has 0 saturated heterocycles. The first-order valence-electron chi connectivity index (χ1n) is 13.6. The van der Waals surface area contributed by atoms with Crippen molar-refractivity contribution in [1.29, 1.82) is 0 Å². The smallest absolute Gasteiger partial charge is 0.345 e. The van der Waals surface area contributed by atoms with Crippen LogP contribution in [0.1, 0.15) is 46.1 Å². The van der Waals surface area contributed by atoms with E-state index in [2.05, 4.69) is 0 Å². The van der Waals surface area contributed by atoms with Crippen molar-refractivity contribution in [3.63, 3.8) is 0 Å². The summed E-state index contributed by atoms with van der Waals surface area (Å²) < 4.78 is 24.5. The average Bonchev–Trinajstić information content (AvgIpc) is 3.39. The summed E-state index contributed by atoms with van der Waals surface area (Å²) in [5.41, 5.74) is 0.347. The minimum Gasteiger partial charge on any atom is -0.494 e. The van der Waals surface area contributed by atoms with E-state index in [0.717, 1.165) is 35.3 Å². The molecule has 1 spiro atoms. The molecule has 0 saturated carbocycles. The van der Waals surface area contributed by atoms with Crippen molar-refractivity contribution in [3.8, 4) is 5.75 Å². The Hall–Kier alpha value is -3.36. The standard InChI is InChI=1S/C30H33NO10S3/c1-9-11-18(32)31-17-14-15(41-10-2)12-13-16(17)19-24(29(31,3)4)42-21(26(34)38-6)20(25(33)37-5)30(19)43-22(27(35)39-7)23(44-30)28(36)40-8/h12-14H,9-11H2,1-8H3. The SMILES string of the molecule is CCCC(=O)N1c2cc(OCC)ccc2C2=C(SC(C(=O)OC)=C(C(=O)OC)C23SC(C(=O)OC)=C(C(=O)OC)S3)C1(C)C. The summed E-state index contributed by atoms with van der Waals surface area (Å²) in [6.45, 7) is 7.81. The van der Waals surface area contributed by atoms with Crippen molar-refractivity contribution in [1.82, 2.24) is 0 Å². The third kappa shape index (κ3) is 5.30. The molecule has 0 aromatic heterocycles. The van der Waals surface area contributed by atoms with Gasteiger partial charge in [0, 0.05) is 28.5 Å². The van der Waals surface area contributed by atoms with Crippen LogP contribution in [-0.2, 0) is 42.9 Å². The minimum atomic E-state index is -1.64. The lowest BCUT2D eigenvalue weighted by molar-refractivity contribution is -0.138. The van der Waals surface area contributed by atoms with E-state index in [1.54, 1.807) is 23.1 Å². The highest BCUT2D eigenvalue weighted by Gasteiger charge is 2.61. The third-order valence-corrected chi connectivity index (χ3v) is 11.8. The zero-order valence-corrected chi connectivity index (χ0v) is 28.1. The van der Waals surface area contributed by atoms with Gasteiger partial charge in [-0.1, -0.05) is 42.2 Å². The molecule has 0 aliphatic carbocycles. The highest BCUT2D eigenvalue weighted by molar-refractivity contribution is 8.26. The molecule has 3 aliphatic heterocycles. The molecule has 0 radical (unpaired) electrons. The normalized spacial score (nSPS) is 18.0. The molecule has 1 amide bonds. The highest BCUT2D eigenvalue weighted by Crippen LogP contribution is 2.71. The fourth-order valence-electron chi connectivity index (χ4n) is 5.32. The Morgan fingerprint density at radius 3 is 1.84 bits per heavy atom. The summed E-state index contributed by atoms with van der Waals surface area (Å²) in [5, 5.41) is 0. The second-order valence-corrected chi connectivity index (χ2v) is 13.8. The number of hydrogen-bond donors (Lipinski definition) is 0. The molecule has 0 N–H and O–H groups in total. The number of rotatable bonds is 8. The van der Waals surface area contributed by atoms with Gasteiger partial charge in [-0.15, -0.1) is 0 Å². The van der Waals surface area contributed by atoms with E-state index in [-0.39, 0.29) is 32.6 Å². The predicted molar refractivity (Wildman–Crippen MR) is 169 cm³/mol. The quantitative estimate of drug-likeness (QED) is 0.279. The summed E-state index contributed by atoms with van der Waals surface area (Å²) in [7, 11) is 4.70. The van der Waals surface area contributed by atoms with Crippen molar-refractivity contribution >= 4 is 76.3 Å². The molecule has 0 fully saturated rings. The molecular weight excluding hydrogens is 631 g/mol. The molecule has 4 rings (SSSR count). The van der Waals surface area contributed by atoms with Gasteiger partial charge in [0.25, 0.3) is 0 Å². The van der Waals surface area contributed by atoms with Crippen LogP contribution in [0, 0.1) is 0 Å². The van der Waals surface area contributed by atoms with E-state index in [4.69, 9.17) is 23.7 Å². The zero-order chi connectivity index (χ0) is 32.6. The molecule has 1 aromatic carbocycles. The average molecular weight is 664 g/mol. The number of thioether (sulfide) groups is 3. The van der Waals surface area contributed by atoms with Gasteiger partial charge >= 0.3 is 23.9 Å². The fraction of sp³-hybridized carbons (Fsp3) is 0.433. The van der Waals surface area contributed by atoms with Crippen LogP contribution in [-0.4, -0.2) is 74.4 Å². The van der Waals surface area contributed by atoms with E-state index in [9.17, 15) is 24.0 Å². The van der Waals surface area contributed by atoms with Crippen molar-refractivity contribution < 1.29 is 47.7 Å². The number of esters is 4. The van der Waals surface area contributed by atoms with E-state index < -0.39 is 33.5 Å². The number of carbonyl (C=O) groups excluding carboxylic acids is 5. The van der Waals surface area contributed by atoms with Crippen LogP contribution in [0.15, 0.2) is 43.4 Å². The molecule has 236 valence electrons. The minimum absolute atomic E-state index is 0.0983. The lowest BCUT2D eigenvalue weighted by Gasteiger charge is -2.50. The maximum atomic E-state index is 13.8. The van der Waals surface area contributed by atoms with Crippen LogP contribution in [0.25, 0.3) is 5.57 Å². The maximum absolute atomic E-state index is 13.8. The van der Waals surface area contributed by atoms with Crippen LogP contribution >= 0.6 is 35.3 Å². The van der Waals surface area contributed by atoms with Gasteiger partial charge in [-0.3, -0.25) is 4.79 Å². The van der Waals surface area contributed by atoms with Gasteiger partial charge in [-0.05, 0) is 39.3 Å². The molecule has 0 unspecified atom stereocenters. The Morgan fingerprint density at radius 2 is 1.34 bits per heavy atom. The van der Waals surface area contributed by atoms with Gasteiger partial charge in [0.1, 0.15) is 24.5 Å². The van der Waals surface area contributed by atoms with Crippen molar-refractivity contribution in [3.05, 3.63) is 49.0 Å². The van der Waals surface area contributed by atoms with Gasteiger partial charge in [0.2, 0.25) is 5.91 Å². The van der Waals surface area contributed by atoms with E-state index in [1.807, 2.05) is 27.7 Å². The van der Waals surface area contributed by atoms with E-state index >= 15 is 0 Å². The summed E-state index contributed by atoms with van der Waals surface area (Å²) in [4.78, 5) is 69.1. The van der Waals surface area contributed by atoms with Crippen LogP contribution < -0.4 is 9.64 Å². The van der Waals surface area contributed by atoms with Gasteiger partial charge < -0.3 is 28.6 Å². The number of benzene rings is 1. The molecule has 0 atom stereocenters. The number of fused-ring (bicyclic) bond motifs is 3. The Bertz CT molecular complexity index is 1510. The lowest BCUT2D eigenvalue weighted by Crippen LogP contribution is -2.53. The molecule has 3 aliphatic rings. The molecule has 1 aromatic rings. The van der Waals surface area contributed by atoms with Crippen LogP contribution in [0.5, 0.6) is 5.75 Å². The van der Waals surface area contributed by atoms with Crippen LogP contribution in [0.3, 0.4) is 0 Å². The number of carbonyl (C=O) groups is 5. The first kappa shape index (κ1) is 33.5. The molecule has 44 heavy (non-hydrogen) atoms.